The predicted molar refractivity (Wildman–Crippen MR) is 102 cm³/mol. The summed E-state index contributed by atoms with van der Waals surface area (Å²) in [4.78, 5) is 0. The Kier molecular flexibility index (Phi) is 6.28. The van der Waals surface area contributed by atoms with Gasteiger partial charge in [0.15, 0.2) is 0 Å². The molecule has 25 heavy (non-hydrogen) atoms. The standard InChI is InChI=1S/C23H30O2/c1-19-13-23(14-20(19)2,17-24-15-21-9-5-3-6-10-21)18-25-16-22-11-7-4-8-12-22/h3-12,19-20H,13-18H2,1-2H3. The molecule has 0 aromatic heterocycles. The average molecular weight is 338 g/mol. The molecule has 2 heteroatoms. The van der Waals surface area contributed by atoms with Crippen molar-refractivity contribution in [1.29, 1.82) is 0 Å². The second-order valence-corrected chi connectivity index (χ2v) is 7.82. The molecule has 1 fully saturated rings. The molecule has 2 aromatic carbocycles. The monoisotopic (exact) mass is 338 g/mol. The first kappa shape index (κ1) is 18.2. The Morgan fingerprint density at radius 3 is 1.52 bits per heavy atom. The smallest absolute Gasteiger partial charge is 0.0717 e. The highest BCUT2D eigenvalue weighted by atomic mass is 16.5. The molecule has 0 aliphatic heterocycles. The summed E-state index contributed by atoms with van der Waals surface area (Å²) in [6.07, 6.45) is 2.38. The third-order valence-corrected chi connectivity index (χ3v) is 5.52. The normalized spacial score (nSPS) is 22.2. The molecule has 0 heterocycles. The van der Waals surface area contributed by atoms with Gasteiger partial charge in [0, 0.05) is 5.41 Å². The van der Waals surface area contributed by atoms with Gasteiger partial charge in [-0.2, -0.15) is 0 Å². The third-order valence-electron chi connectivity index (χ3n) is 5.52. The van der Waals surface area contributed by atoms with Crippen LogP contribution in [-0.4, -0.2) is 13.2 Å². The highest BCUT2D eigenvalue weighted by Crippen LogP contribution is 2.46. The van der Waals surface area contributed by atoms with Crippen LogP contribution in [0.5, 0.6) is 0 Å². The number of hydrogen-bond acceptors (Lipinski definition) is 2. The van der Waals surface area contributed by atoms with Crippen LogP contribution in [0.2, 0.25) is 0 Å². The largest absolute Gasteiger partial charge is 0.376 e. The molecule has 2 nitrogen and oxygen atoms in total. The zero-order chi connectivity index (χ0) is 17.5. The summed E-state index contributed by atoms with van der Waals surface area (Å²) in [7, 11) is 0. The zero-order valence-electron chi connectivity index (χ0n) is 15.5. The van der Waals surface area contributed by atoms with E-state index < -0.39 is 0 Å². The Morgan fingerprint density at radius 2 is 1.12 bits per heavy atom. The van der Waals surface area contributed by atoms with Gasteiger partial charge in [-0.1, -0.05) is 74.5 Å². The van der Waals surface area contributed by atoms with Gasteiger partial charge in [-0.3, -0.25) is 0 Å². The van der Waals surface area contributed by atoms with E-state index in [9.17, 15) is 0 Å². The van der Waals surface area contributed by atoms with Crippen LogP contribution in [0.1, 0.15) is 37.8 Å². The van der Waals surface area contributed by atoms with E-state index in [-0.39, 0.29) is 5.41 Å². The van der Waals surface area contributed by atoms with Crippen molar-refractivity contribution in [3.05, 3.63) is 71.8 Å². The van der Waals surface area contributed by atoms with Gasteiger partial charge in [0.05, 0.1) is 26.4 Å². The maximum absolute atomic E-state index is 6.13. The molecule has 0 bridgehead atoms. The summed E-state index contributed by atoms with van der Waals surface area (Å²) in [6, 6.07) is 20.8. The molecular formula is C23H30O2. The van der Waals surface area contributed by atoms with Crippen LogP contribution in [0.15, 0.2) is 60.7 Å². The maximum Gasteiger partial charge on any atom is 0.0717 e. The lowest BCUT2D eigenvalue weighted by Crippen LogP contribution is -2.30. The first-order valence-corrected chi connectivity index (χ1v) is 9.40. The lowest BCUT2D eigenvalue weighted by Gasteiger charge is -2.29. The molecule has 2 atom stereocenters. The fraction of sp³-hybridized carbons (Fsp3) is 0.478. The minimum Gasteiger partial charge on any atom is -0.376 e. The van der Waals surface area contributed by atoms with Crippen LogP contribution >= 0.6 is 0 Å². The molecule has 3 rings (SSSR count). The molecular weight excluding hydrogens is 308 g/mol. The van der Waals surface area contributed by atoms with Crippen molar-refractivity contribution in [2.75, 3.05) is 13.2 Å². The van der Waals surface area contributed by atoms with E-state index in [0.29, 0.717) is 13.2 Å². The van der Waals surface area contributed by atoms with Gasteiger partial charge in [0.25, 0.3) is 0 Å². The molecule has 0 N–H and O–H groups in total. The minimum atomic E-state index is 0.155. The summed E-state index contributed by atoms with van der Waals surface area (Å²) in [5, 5.41) is 0. The average Bonchev–Trinajstić information content (AvgIpc) is 2.91. The molecule has 1 aliphatic carbocycles. The quantitative estimate of drug-likeness (QED) is 0.635. The van der Waals surface area contributed by atoms with Gasteiger partial charge in [-0.25, -0.2) is 0 Å². The molecule has 0 spiro atoms. The van der Waals surface area contributed by atoms with Crippen molar-refractivity contribution < 1.29 is 9.47 Å². The lowest BCUT2D eigenvalue weighted by molar-refractivity contribution is -0.0325. The van der Waals surface area contributed by atoms with Crippen molar-refractivity contribution in [2.24, 2.45) is 17.3 Å². The molecule has 2 aromatic rings. The number of rotatable bonds is 8. The van der Waals surface area contributed by atoms with Gasteiger partial charge in [0.1, 0.15) is 0 Å². The Morgan fingerprint density at radius 1 is 0.720 bits per heavy atom. The highest BCUT2D eigenvalue weighted by Gasteiger charge is 2.42. The van der Waals surface area contributed by atoms with E-state index in [0.717, 1.165) is 25.0 Å². The zero-order valence-corrected chi connectivity index (χ0v) is 15.5. The summed E-state index contributed by atoms with van der Waals surface area (Å²) < 4.78 is 12.3. The van der Waals surface area contributed by atoms with Crippen LogP contribution in [0.25, 0.3) is 0 Å². The fourth-order valence-electron chi connectivity index (χ4n) is 4.05. The van der Waals surface area contributed by atoms with Gasteiger partial charge in [-0.15, -0.1) is 0 Å². The second-order valence-electron chi connectivity index (χ2n) is 7.82. The van der Waals surface area contributed by atoms with E-state index in [1.807, 2.05) is 12.1 Å². The summed E-state index contributed by atoms with van der Waals surface area (Å²) in [5.74, 6) is 1.47. The van der Waals surface area contributed by atoms with E-state index in [1.54, 1.807) is 0 Å². The number of benzene rings is 2. The van der Waals surface area contributed by atoms with Crippen LogP contribution in [0, 0.1) is 17.3 Å². The topological polar surface area (TPSA) is 18.5 Å². The first-order chi connectivity index (χ1) is 12.2. The summed E-state index contributed by atoms with van der Waals surface area (Å²) >= 11 is 0. The van der Waals surface area contributed by atoms with E-state index in [2.05, 4.69) is 62.4 Å². The highest BCUT2D eigenvalue weighted by molar-refractivity contribution is 5.14. The minimum absolute atomic E-state index is 0.155. The Labute approximate surface area is 152 Å². The SMILES string of the molecule is CC1CC(COCc2ccccc2)(COCc2ccccc2)CC1C. The molecule has 0 saturated heterocycles. The van der Waals surface area contributed by atoms with Gasteiger partial charge < -0.3 is 9.47 Å². The Balaban J connectivity index is 1.54. The molecule has 1 aliphatic rings. The maximum atomic E-state index is 6.13. The van der Waals surface area contributed by atoms with Crippen LogP contribution in [0.3, 0.4) is 0 Å². The van der Waals surface area contributed by atoms with Crippen molar-refractivity contribution in [3.63, 3.8) is 0 Å². The van der Waals surface area contributed by atoms with Gasteiger partial charge in [-0.05, 0) is 35.8 Å². The molecule has 134 valence electrons. The van der Waals surface area contributed by atoms with Crippen molar-refractivity contribution in [3.8, 4) is 0 Å². The van der Waals surface area contributed by atoms with E-state index in [1.165, 1.54) is 24.0 Å². The molecule has 0 radical (unpaired) electrons. The van der Waals surface area contributed by atoms with E-state index in [4.69, 9.17) is 9.47 Å². The summed E-state index contributed by atoms with van der Waals surface area (Å²) in [6.45, 7) is 7.66. The molecule has 1 saturated carbocycles. The van der Waals surface area contributed by atoms with Crippen molar-refractivity contribution in [2.45, 2.75) is 39.9 Å². The Bertz CT molecular complexity index is 566. The van der Waals surface area contributed by atoms with Gasteiger partial charge in [0.2, 0.25) is 0 Å². The number of ether oxygens (including phenoxy) is 2. The van der Waals surface area contributed by atoms with E-state index >= 15 is 0 Å². The number of hydrogen-bond donors (Lipinski definition) is 0. The molecule has 2 unspecified atom stereocenters. The second kappa shape index (κ2) is 8.64. The molecule has 0 amide bonds. The van der Waals surface area contributed by atoms with Crippen LogP contribution in [-0.2, 0) is 22.7 Å². The van der Waals surface area contributed by atoms with Crippen LogP contribution in [0.4, 0.5) is 0 Å². The fourth-order valence-corrected chi connectivity index (χ4v) is 4.05. The van der Waals surface area contributed by atoms with Crippen molar-refractivity contribution in [1.82, 2.24) is 0 Å². The van der Waals surface area contributed by atoms with Crippen molar-refractivity contribution >= 4 is 0 Å². The Hall–Kier alpha value is -1.64. The lowest BCUT2D eigenvalue weighted by atomic mass is 9.87. The summed E-state index contributed by atoms with van der Waals surface area (Å²) in [5.41, 5.74) is 2.63. The third kappa shape index (κ3) is 5.17. The predicted octanol–water partition coefficient (Wildman–Crippen LogP) is 5.47. The van der Waals surface area contributed by atoms with Gasteiger partial charge >= 0.3 is 0 Å². The first-order valence-electron chi connectivity index (χ1n) is 9.40. The van der Waals surface area contributed by atoms with Crippen LogP contribution < -0.4 is 0 Å².